The highest BCUT2D eigenvalue weighted by Crippen LogP contribution is 2.21. The Hall–Kier alpha value is -0.860. The molecule has 1 aliphatic rings. The van der Waals surface area contributed by atoms with Crippen LogP contribution in [0.5, 0.6) is 0 Å². The molecule has 0 N–H and O–H groups in total. The van der Waals surface area contributed by atoms with E-state index in [-0.39, 0.29) is 6.04 Å². The Balaban J connectivity index is 2.05. The van der Waals surface area contributed by atoms with Crippen molar-refractivity contribution in [3.05, 3.63) is 34.9 Å². The van der Waals surface area contributed by atoms with E-state index in [4.69, 9.17) is 11.6 Å². The summed E-state index contributed by atoms with van der Waals surface area (Å²) in [6.07, 6.45) is 3.36. The van der Waals surface area contributed by atoms with Gasteiger partial charge in [-0.25, -0.2) is 0 Å². The molecule has 17 heavy (non-hydrogen) atoms. The summed E-state index contributed by atoms with van der Waals surface area (Å²) in [6, 6.07) is 7.99. The maximum absolute atomic E-state index is 11.6. The van der Waals surface area contributed by atoms with Crippen LogP contribution in [0.1, 0.15) is 31.7 Å². The fourth-order valence-corrected chi connectivity index (χ4v) is 2.59. The molecule has 0 saturated carbocycles. The Morgan fingerprint density at radius 2 is 2.06 bits per heavy atom. The van der Waals surface area contributed by atoms with Crippen LogP contribution >= 0.6 is 11.6 Å². The predicted molar refractivity (Wildman–Crippen MR) is 70.2 cm³/mol. The van der Waals surface area contributed by atoms with Crippen LogP contribution in [-0.4, -0.2) is 23.3 Å². The normalized spacial score (nSPS) is 21.4. The van der Waals surface area contributed by atoms with Crippen molar-refractivity contribution in [3.8, 4) is 0 Å². The maximum Gasteiger partial charge on any atom is 0.146 e. The molecule has 2 rings (SSSR count). The van der Waals surface area contributed by atoms with Crippen LogP contribution < -0.4 is 0 Å². The summed E-state index contributed by atoms with van der Waals surface area (Å²) in [4.78, 5) is 13.9. The molecule has 3 heteroatoms. The van der Waals surface area contributed by atoms with Crippen molar-refractivity contribution >= 4 is 17.4 Å². The second-order valence-corrected chi connectivity index (χ2v) is 5.16. The number of ketones is 1. The first kappa shape index (κ1) is 12.6. The van der Waals surface area contributed by atoms with E-state index in [0.717, 1.165) is 24.5 Å². The molecule has 92 valence electrons. The average Bonchev–Trinajstić information content (AvgIpc) is 2.32. The smallest absolute Gasteiger partial charge is 0.146 e. The van der Waals surface area contributed by atoms with Crippen molar-refractivity contribution in [2.24, 2.45) is 0 Å². The third-order valence-corrected chi connectivity index (χ3v) is 3.63. The SMILES string of the molecule is CC(=O)C1CCCCN1Cc1ccc(Cl)cc1. The largest absolute Gasteiger partial charge is 0.298 e. The quantitative estimate of drug-likeness (QED) is 0.822. The number of likely N-dealkylation sites (tertiary alicyclic amines) is 1. The second-order valence-electron chi connectivity index (χ2n) is 4.72. The van der Waals surface area contributed by atoms with Crippen LogP contribution in [0.3, 0.4) is 0 Å². The van der Waals surface area contributed by atoms with Gasteiger partial charge in [0.15, 0.2) is 0 Å². The van der Waals surface area contributed by atoms with E-state index in [1.54, 1.807) is 6.92 Å². The first-order valence-corrected chi connectivity index (χ1v) is 6.53. The predicted octanol–water partition coefficient (Wildman–Crippen LogP) is 3.28. The maximum atomic E-state index is 11.6. The molecule has 1 fully saturated rings. The molecule has 0 amide bonds. The number of hydrogen-bond acceptors (Lipinski definition) is 2. The molecular formula is C14H18ClNO. The molecule has 1 saturated heterocycles. The lowest BCUT2D eigenvalue weighted by Gasteiger charge is -2.34. The number of rotatable bonds is 3. The van der Waals surface area contributed by atoms with E-state index < -0.39 is 0 Å². The van der Waals surface area contributed by atoms with E-state index in [1.807, 2.05) is 24.3 Å². The Morgan fingerprint density at radius 3 is 2.71 bits per heavy atom. The Kier molecular flexibility index (Phi) is 4.19. The number of halogens is 1. The van der Waals surface area contributed by atoms with E-state index in [1.165, 1.54) is 18.4 Å². The summed E-state index contributed by atoms with van der Waals surface area (Å²) < 4.78 is 0. The van der Waals surface area contributed by atoms with Crippen LogP contribution in [0.2, 0.25) is 5.02 Å². The highest BCUT2D eigenvalue weighted by molar-refractivity contribution is 6.30. The van der Waals surface area contributed by atoms with Crippen LogP contribution in [0, 0.1) is 0 Å². The third-order valence-electron chi connectivity index (χ3n) is 3.38. The van der Waals surface area contributed by atoms with Crippen molar-refractivity contribution in [2.45, 2.75) is 38.8 Å². The molecule has 0 bridgehead atoms. The van der Waals surface area contributed by atoms with Crippen molar-refractivity contribution in [1.29, 1.82) is 0 Å². The fourth-order valence-electron chi connectivity index (χ4n) is 2.46. The molecule has 2 nitrogen and oxygen atoms in total. The Bertz CT molecular complexity index is 388. The molecule has 1 atom stereocenters. The number of Topliss-reactive ketones (excluding diaryl/α,β-unsaturated/α-hetero) is 1. The van der Waals surface area contributed by atoms with E-state index >= 15 is 0 Å². The van der Waals surface area contributed by atoms with Gasteiger partial charge in [0.1, 0.15) is 5.78 Å². The summed E-state index contributed by atoms with van der Waals surface area (Å²) in [5.41, 5.74) is 1.22. The molecule has 0 aromatic heterocycles. The zero-order valence-corrected chi connectivity index (χ0v) is 10.9. The lowest BCUT2D eigenvalue weighted by molar-refractivity contribution is -0.123. The van der Waals surface area contributed by atoms with Crippen LogP contribution in [0.15, 0.2) is 24.3 Å². The summed E-state index contributed by atoms with van der Waals surface area (Å²) in [5.74, 6) is 0.290. The number of carbonyl (C=O) groups excluding carboxylic acids is 1. The fraction of sp³-hybridized carbons (Fsp3) is 0.500. The monoisotopic (exact) mass is 251 g/mol. The van der Waals surface area contributed by atoms with Crippen LogP contribution in [-0.2, 0) is 11.3 Å². The minimum atomic E-state index is 0.111. The van der Waals surface area contributed by atoms with Gasteiger partial charge in [-0.1, -0.05) is 30.2 Å². The van der Waals surface area contributed by atoms with Crippen molar-refractivity contribution in [1.82, 2.24) is 4.90 Å². The minimum Gasteiger partial charge on any atom is -0.298 e. The number of carbonyl (C=O) groups is 1. The first-order chi connectivity index (χ1) is 8.16. The van der Waals surface area contributed by atoms with E-state index in [9.17, 15) is 4.79 Å². The molecule has 0 spiro atoms. The highest BCUT2D eigenvalue weighted by atomic mass is 35.5. The van der Waals surface area contributed by atoms with Crippen molar-refractivity contribution in [2.75, 3.05) is 6.54 Å². The van der Waals surface area contributed by atoms with Gasteiger partial charge in [-0.05, 0) is 44.0 Å². The lowest BCUT2D eigenvalue weighted by Crippen LogP contribution is -2.43. The van der Waals surface area contributed by atoms with Gasteiger partial charge in [0.2, 0.25) is 0 Å². The van der Waals surface area contributed by atoms with Gasteiger partial charge in [-0.2, -0.15) is 0 Å². The van der Waals surface area contributed by atoms with Gasteiger partial charge in [0, 0.05) is 11.6 Å². The number of nitrogens with zero attached hydrogens (tertiary/aromatic N) is 1. The van der Waals surface area contributed by atoms with Crippen molar-refractivity contribution < 1.29 is 4.79 Å². The zero-order valence-electron chi connectivity index (χ0n) is 10.2. The molecule has 1 aromatic carbocycles. The molecule has 1 unspecified atom stereocenters. The van der Waals surface area contributed by atoms with E-state index in [2.05, 4.69) is 4.90 Å². The molecule has 1 aliphatic heterocycles. The van der Waals surface area contributed by atoms with Gasteiger partial charge in [-0.3, -0.25) is 9.69 Å². The lowest BCUT2D eigenvalue weighted by atomic mass is 9.98. The van der Waals surface area contributed by atoms with E-state index in [0.29, 0.717) is 5.78 Å². The standard InChI is InChI=1S/C14H18ClNO/c1-11(17)14-4-2-3-9-16(14)10-12-5-7-13(15)8-6-12/h5-8,14H,2-4,9-10H2,1H3. The summed E-state index contributed by atoms with van der Waals surface area (Å²) in [7, 11) is 0. The second kappa shape index (κ2) is 5.65. The molecule has 1 heterocycles. The zero-order chi connectivity index (χ0) is 12.3. The molecule has 0 radical (unpaired) electrons. The first-order valence-electron chi connectivity index (χ1n) is 6.16. The summed E-state index contributed by atoms with van der Waals surface area (Å²) in [5, 5.41) is 0.760. The van der Waals surface area contributed by atoms with Gasteiger partial charge >= 0.3 is 0 Å². The van der Waals surface area contributed by atoms with Gasteiger partial charge < -0.3 is 0 Å². The third kappa shape index (κ3) is 3.30. The van der Waals surface area contributed by atoms with Crippen molar-refractivity contribution in [3.63, 3.8) is 0 Å². The summed E-state index contributed by atoms with van der Waals surface area (Å²) in [6.45, 7) is 3.57. The van der Waals surface area contributed by atoms with Crippen LogP contribution in [0.4, 0.5) is 0 Å². The number of piperidine rings is 1. The Morgan fingerprint density at radius 1 is 1.35 bits per heavy atom. The van der Waals surface area contributed by atoms with Gasteiger partial charge in [-0.15, -0.1) is 0 Å². The van der Waals surface area contributed by atoms with Gasteiger partial charge in [0.05, 0.1) is 6.04 Å². The van der Waals surface area contributed by atoms with Gasteiger partial charge in [0.25, 0.3) is 0 Å². The number of hydrogen-bond donors (Lipinski definition) is 0. The molecule has 0 aliphatic carbocycles. The topological polar surface area (TPSA) is 20.3 Å². The van der Waals surface area contributed by atoms with Crippen LogP contribution in [0.25, 0.3) is 0 Å². The Labute approximate surface area is 108 Å². The molecule has 1 aromatic rings. The minimum absolute atomic E-state index is 0.111. The molecular weight excluding hydrogens is 234 g/mol. The summed E-state index contributed by atoms with van der Waals surface area (Å²) >= 11 is 5.87. The highest BCUT2D eigenvalue weighted by Gasteiger charge is 2.25. The number of benzene rings is 1. The average molecular weight is 252 g/mol.